The van der Waals surface area contributed by atoms with Crippen LogP contribution in [0.5, 0.6) is 0 Å². The summed E-state index contributed by atoms with van der Waals surface area (Å²) < 4.78 is 1.87. The third-order valence-electron chi connectivity index (χ3n) is 3.29. The fourth-order valence-corrected chi connectivity index (χ4v) is 2.39. The fourth-order valence-electron chi connectivity index (χ4n) is 2.18. The van der Waals surface area contributed by atoms with Gasteiger partial charge in [0.2, 0.25) is 0 Å². The predicted molar refractivity (Wildman–Crippen MR) is 75.7 cm³/mol. The lowest BCUT2D eigenvalue weighted by molar-refractivity contribution is 0.731. The number of nitrogens with two attached hydrogens (primary N) is 1. The minimum atomic E-state index is -0.00157. The molecule has 18 heavy (non-hydrogen) atoms. The van der Waals surface area contributed by atoms with Crippen molar-refractivity contribution < 1.29 is 0 Å². The molecule has 2 N–H and O–H groups in total. The van der Waals surface area contributed by atoms with Crippen LogP contribution in [0.2, 0.25) is 5.02 Å². The predicted octanol–water partition coefficient (Wildman–Crippen LogP) is 3.38. The van der Waals surface area contributed by atoms with Crippen LogP contribution in [0.3, 0.4) is 0 Å². The van der Waals surface area contributed by atoms with Gasteiger partial charge in [-0.1, -0.05) is 17.7 Å². The zero-order chi connectivity index (χ0) is 13.4. The Morgan fingerprint density at radius 3 is 2.50 bits per heavy atom. The number of aromatic nitrogens is 2. The molecule has 1 atom stereocenters. The van der Waals surface area contributed by atoms with Gasteiger partial charge in [-0.2, -0.15) is 5.10 Å². The van der Waals surface area contributed by atoms with Gasteiger partial charge < -0.3 is 5.73 Å². The number of aryl methyl sites for hydroxylation is 2. The van der Waals surface area contributed by atoms with Gasteiger partial charge in [0, 0.05) is 34.9 Å². The molecule has 0 aliphatic rings. The van der Waals surface area contributed by atoms with Crippen molar-refractivity contribution in [3.05, 3.63) is 40.2 Å². The molecule has 0 spiro atoms. The largest absolute Gasteiger partial charge is 0.324 e. The van der Waals surface area contributed by atoms with E-state index in [0.29, 0.717) is 0 Å². The third kappa shape index (κ3) is 2.16. The normalized spacial score (nSPS) is 12.8. The molecule has 0 aliphatic heterocycles. The lowest BCUT2D eigenvalue weighted by Gasteiger charge is -2.11. The van der Waals surface area contributed by atoms with Crippen LogP contribution in [0.25, 0.3) is 11.1 Å². The van der Waals surface area contributed by atoms with Gasteiger partial charge in [-0.05, 0) is 38.5 Å². The van der Waals surface area contributed by atoms with Crippen molar-refractivity contribution >= 4 is 11.6 Å². The van der Waals surface area contributed by atoms with Gasteiger partial charge in [0.1, 0.15) is 0 Å². The van der Waals surface area contributed by atoms with E-state index in [4.69, 9.17) is 17.3 Å². The monoisotopic (exact) mass is 263 g/mol. The maximum atomic E-state index is 6.31. The van der Waals surface area contributed by atoms with Crippen LogP contribution in [-0.4, -0.2) is 9.78 Å². The first-order chi connectivity index (χ1) is 8.41. The van der Waals surface area contributed by atoms with Gasteiger partial charge in [0.15, 0.2) is 0 Å². The second kappa shape index (κ2) is 4.75. The zero-order valence-corrected chi connectivity index (χ0v) is 11.9. The maximum Gasteiger partial charge on any atom is 0.0675 e. The molecule has 3 nitrogen and oxygen atoms in total. The summed E-state index contributed by atoms with van der Waals surface area (Å²) in [6.45, 7) is 6.01. The van der Waals surface area contributed by atoms with E-state index in [1.54, 1.807) is 0 Å². The van der Waals surface area contributed by atoms with Crippen molar-refractivity contribution in [1.82, 2.24) is 9.78 Å². The summed E-state index contributed by atoms with van der Waals surface area (Å²) in [5.74, 6) is 0. The highest BCUT2D eigenvalue weighted by atomic mass is 35.5. The average Bonchev–Trinajstić information content (AvgIpc) is 2.54. The Morgan fingerprint density at radius 1 is 1.33 bits per heavy atom. The smallest absolute Gasteiger partial charge is 0.0675 e. The Morgan fingerprint density at radius 2 is 2.00 bits per heavy atom. The Labute approximate surface area is 113 Å². The molecule has 1 aromatic heterocycles. The Bertz CT molecular complexity index is 585. The van der Waals surface area contributed by atoms with E-state index < -0.39 is 0 Å². The van der Waals surface area contributed by atoms with Crippen LogP contribution < -0.4 is 5.73 Å². The number of hydrogen-bond donors (Lipinski definition) is 1. The van der Waals surface area contributed by atoms with E-state index in [1.807, 2.05) is 44.6 Å². The molecule has 0 aliphatic carbocycles. The average molecular weight is 264 g/mol. The van der Waals surface area contributed by atoms with Crippen LogP contribution in [0.15, 0.2) is 18.2 Å². The lowest BCUT2D eigenvalue weighted by Crippen LogP contribution is -2.05. The highest BCUT2D eigenvalue weighted by Gasteiger charge is 2.15. The standard InChI is InChI=1S/C14H18ClN3/c1-8(16)11-5-6-13(15)12(7-11)14-9(2)17-18(4)10(14)3/h5-8H,16H2,1-4H3. The number of rotatable bonds is 2. The molecule has 0 radical (unpaired) electrons. The summed E-state index contributed by atoms with van der Waals surface area (Å²) in [6, 6.07) is 5.93. The first-order valence-corrected chi connectivity index (χ1v) is 6.35. The lowest BCUT2D eigenvalue weighted by atomic mass is 9.99. The molecular formula is C14H18ClN3. The summed E-state index contributed by atoms with van der Waals surface area (Å²) in [4.78, 5) is 0. The fraction of sp³-hybridized carbons (Fsp3) is 0.357. The van der Waals surface area contributed by atoms with Crippen molar-refractivity contribution in [2.75, 3.05) is 0 Å². The van der Waals surface area contributed by atoms with Gasteiger partial charge in [-0.15, -0.1) is 0 Å². The van der Waals surface area contributed by atoms with E-state index >= 15 is 0 Å². The van der Waals surface area contributed by atoms with Gasteiger partial charge in [0.25, 0.3) is 0 Å². The Balaban J connectivity index is 2.66. The minimum absolute atomic E-state index is 0.00157. The molecule has 0 bridgehead atoms. The molecular weight excluding hydrogens is 246 g/mol. The molecule has 2 rings (SSSR count). The second-order valence-electron chi connectivity index (χ2n) is 4.70. The Hall–Kier alpha value is -1.32. The summed E-state index contributed by atoms with van der Waals surface area (Å²) in [5.41, 5.74) is 11.2. The molecule has 2 aromatic rings. The summed E-state index contributed by atoms with van der Waals surface area (Å²) >= 11 is 6.31. The first-order valence-electron chi connectivity index (χ1n) is 5.97. The van der Waals surface area contributed by atoms with E-state index in [0.717, 1.165) is 33.1 Å². The van der Waals surface area contributed by atoms with Gasteiger partial charge >= 0.3 is 0 Å². The highest BCUT2D eigenvalue weighted by Crippen LogP contribution is 2.34. The van der Waals surface area contributed by atoms with E-state index in [1.165, 1.54) is 0 Å². The van der Waals surface area contributed by atoms with Crippen molar-refractivity contribution in [3.63, 3.8) is 0 Å². The molecule has 1 heterocycles. The van der Waals surface area contributed by atoms with Crippen LogP contribution in [0.1, 0.15) is 29.9 Å². The SMILES string of the molecule is Cc1nn(C)c(C)c1-c1cc(C(C)N)ccc1Cl. The summed E-state index contributed by atoms with van der Waals surface area (Å²) in [6.07, 6.45) is 0. The number of halogens is 1. The quantitative estimate of drug-likeness (QED) is 0.903. The molecule has 0 saturated carbocycles. The van der Waals surface area contributed by atoms with Crippen LogP contribution >= 0.6 is 11.6 Å². The van der Waals surface area contributed by atoms with Crippen molar-refractivity contribution in [3.8, 4) is 11.1 Å². The number of hydrogen-bond acceptors (Lipinski definition) is 2. The molecule has 0 fully saturated rings. The van der Waals surface area contributed by atoms with Crippen LogP contribution in [-0.2, 0) is 7.05 Å². The highest BCUT2D eigenvalue weighted by molar-refractivity contribution is 6.33. The van der Waals surface area contributed by atoms with E-state index in [-0.39, 0.29) is 6.04 Å². The molecule has 96 valence electrons. The third-order valence-corrected chi connectivity index (χ3v) is 3.62. The van der Waals surface area contributed by atoms with Gasteiger partial charge in [0.05, 0.1) is 5.69 Å². The minimum Gasteiger partial charge on any atom is -0.324 e. The molecule has 0 amide bonds. The van der Waals surface area contributed by atoms with Crippen molar-refractivity contribution in [1.29, 1.82) is 0 Å². The van der Waals surface area contributed by atoms with Crippen molar-refractivity contribution in [2.45, 2.75) is 26.8 Å². The Kier molecular flexibility index (Phi) is 3.46. The molecule has 1 unspecified atom stereocenters. The van der Waals surface area contributed by atoms with Crippen molar-refractivity contribution in [2.24, 2.45) is 12.8 Å². The first kappa shape index (κ1) is 13.1. The molecule has 1 aromatic carbocycles. The number of nitrogens with zero attached hydrogens (tertiary/aromatic N) is 2. The van der Waals surface area contributed by atoms with Crippen LogP contribution in [0.4, 0.5) is 0 Å². The molecule has 4 heteroatoms. The van der Waals surface area contributed by atoms with Gasteiger partial charge in [-0.3, -0.25) is 4.68 Å². The molecule has 0 saturated heterocycles. The van der Waals surface area contributed by atoms with Gasteiger partial charge in [-0.25, -0.2) is 0 Å². The number of benzene rings is 1. The maximum absolute atomic E-state index is 6.31. The van der Waals surface area contributed by atoms with E-state index in [9.17, 15) is 0 Å². The van der Waals surface area contributed by atoms with E-state index in [2.05, 4.69) is 11.2 Å². The zero-order valence-electron chi connectivity index (χ0n) is 11.2. The van der Waals surface area contributed by atoms with Crippen LogP contribution in [0, 0.1) is 13.8 Å². The second-order valence-corrected chi connectivity index (χ2v) is 5.10. The summed E-state index contributed by atoms with van der Waals surface area (Å²) in [7, 11) is 1.94. The summed E-state index contributed by atoms with van der Waals surface area (Å²) in [5, 5.41) is 5.16. The topological polar surface area (TPSA) is 43.8 Å².